The number of nitrogens with two attached hydrogens (primary N) is 1. The third kappa shape index (κ3) is 5.50. The van der Waals surface area contributed by atoms with E-state index in [0.717, 1.165) is 25.8 Å². The number of hydrogen-bond acceptors (Lipinski definition) is 2. The van der Waals surface area contributed by atoms with Crippen molar-refractivity contribution in [3.63, 3.8) is 0 Å². The summed E-state index contributed by atoms with van der Waals surface area (Å²) in [6.07, 6.45) is 3.40. The summed E-state index contributed by atoms with van der Waals surface area (Å²) in [6.45, 7) is 2.67. The Hall–Kier alpha value is -1.35. The van der Waals surface area contributed by atoms with E-state index in [9.17, 15) is 0 Å². The second kappa shape index (κ2) is 7.85. The van der Waals surface area contributed by atoms with E-state index >= 15 is 0 Å². The van der Waals surface area contributed by atoms with Gasteiger partial charge in [-0.05, 0) is 38.8 Å². The molecule has 0 aliphatic rings. The third-order valence-corrected chi connectivity index (χ3v) is 2.81. The largest absolute Gasteiger partial charge is 0.388 e. The maximum Gasteiger partial charge on any atom is 0.0905 e. The highest BCUT2D eigenvalue weighted by molar-refractivity contribution is 5.77. The van der Waals surface area contributed by atoms with Gasteiger partial charge in [0.15, 0.2) is 0 Å². The van der Waals surface area contributed by atoms with Crippen LogP contribution in [0.4, 0.5) is 0 Å². The molecule has 0 saturated heterocycles. The zero-order chi connectivity index (χ0) is 12.5. The van der Waals surface area contributed by atoms with E-state index in [1.165, 1.54) is 5.56 Å². The molecule has 0 aromatic heterocycles. The summed E-state index contributed by atoms with van der Waals surface area (Å²) in [6, 6.07) is 11.0. The van der Waals surface area contributed by atoms with Crippen molar-refractivity contribution >= 4 is 5.84 Å². The zero-order valence-electron chi connectivity index (χ0n) is 10.8. The first-order valence-electron chi connectivity index (χ1n) is 6.22. The van der Waals surface area contributed by atoms with E-state index in [0.29, 0.717) is 11.9 Å². The predicted octanol–water partition coefficient (Wildman–Crippen LogP) is 2.49. The first-order valence-corrected chi connectivity index (χ1v) is 6.22. The Kier molecular flexibility index (Phi) is 6.33. The molecule has 0 amide bonds. The van der Waals surface area contributed by atoms with E-state index in [1.807, 2.05) is 14.0 Å². The number of aliphatic imine (C=N–C) groups is 1. The fourth-order valence-corrected chi connectivity index (χ4v) is 1.88. The Morgan fingerprint density at radius 3 is 2.59 bits per heavy atom. The van der Waals surface area contributed by atoms with Crippen molar-refractivity contribution in [2.45, 2.75) is 32.2 Å². The van der Waals surface area contributed by atoms with Gasteiger partial charge in [0.1, 0.15) is 0 Å². The molecule has 0 heterocycles. The molecule has 3 nitrogen and oxygen atoms in total. The first-order chi connectivity index (χ1) is 8.24. The molecule has 94 valence electrons. The molecular formula is C14H23N3. The van der Waals surface area contributed by atoms with Gasteiger partial charge in [0, 0.05) is 12.6 Å². The number of nitrogens with zero attached hydrogens (tertiary/aromatic N) is 1. The van der Waals surface area contributed by atoms with E-state index in [-0.39, 0.29) is 0 Å². The number of amidine groups is 1. The third-order valence-electron chi connectivity index (χ3n) is 2.81. The predicted molar refractivity (Wildman–Crippen MR) is 74.3 cm³/mol. The van der Waals surface area contributed by atoms with Crippen LogP contribution < -0.4 is 11.1 Å². The number of rotatable bonds is 7. The molecule has 3 heteroatoms. The molecule has 0 aliphatic carbocycles. The average molecular weight is 233 g/mol. The highest BCUT2D eigenvalue weighted by Gasteiger charge is 2.07. The van der Waals surface area contributed by atoms with Crippen LogP contribution in [0.15, 0.2) is 35.3 Å². The second-order valence-corrected chi connectivity index (χ2v) is 4.27. The van der Waals surface area contributed by atoms with E-state index < -0.39 is 0 Å². The lowest BCUT2D eigenvalue weighted by Gasteiger charge is -2.16. The minimum Gasteiger partial charge on any atom is -0.388 e. The Morgan fingerprint density at radius 1 is 1.29 bits per heavy atom. The fraction of sp³-hybridized carbons (Fsp3) is 0.500. The summed E-state index contributed by atoms with van der Waals surface area (Å²) in [5.41, 5.74) is 6.84. The van der Waals surface area contributed by atoms with Crippen molar-refractivity contribution in [3.8, 4) is 0 Å². The van der Waals surface area contributed by atoms with Crippen LogP contribution in [0.1, 0.15) is 37.8 Å². The lowest BCUT2D eigenvalue weighted by atomic mass is 10.0. The van der Waals surface area contributed by atoms with E-state index in [4.69, 9.17) is 5.73 Å². The van der Waals surface area contributed by atoms with E-state index in [1.54, 1.807) is 0 Å². The molecule has 1 unspecified atom stereocenters. The van der Waals surface area contributed by atoms with Crippen LogP contribution in [0, 0.1) is 0 Å². The Balaban J connectivity index is 2.31. The summed E-state index contributed by atoms with van der Waals surface area (Å²) in [5.74, 6) is 0.679. The van der Waals surface area contributed by atoms with Crippen molar-refractivity contribution in [3.05, 3.63) is 35.9 Å². The van der Waals surface area contributed by atoms with Gasteiger partial charge >= 0.3 is 0 Å². The van der Waals surface area contributed by atoms with Gasteiger partial charge in [0.25, 0.3) is 0 Å². The minimum absolute atomic E-state index is 0.444. The quantitative estimate of drug-likeness (QED) is 0.432. The Bertz CT molecular complexity index is 329. The Labute approximate surface area is 104 Å². The second-order valence-electron chi connectivity index (χ2n) is 4.27. The summed E-state index contributed by atoms with van der Waals surface area (Å²) >= 11 is 0. The molecule has 0 bridgehead atoms. The summed E-state index contributed by atoms with van der Waals surface area (Å²) in [4.78, 5) is 4.19. The van der Waals surface area contributed by atoms with Crippen LogP contribution in [0.3, 0.4) is 0 Å². The van der Waals surface area contributed by atoms with Crippen LogP contribution in [0.25, 0.3) is 0 Å². The number of hydrogen-bond donors (Lipinski definition) is 2. The topological polar surface area (TPSA) is 50.4 Å². The van der Waals surface area contributed by atoms with Crippen molar-refractivity contribution in [1.82, 2.24) is 5.32 Å². The van der Waals surface area contributed by atoms with Crippen molar-refractivity contribution < 1.29 is 0 Å². The first kappa shape index (κ1) is 13.7. The molecule has 0 saturated carbocycles. The summed E-state index contributed by atoms with van der Waals surface area (Å²) in [5, 5.41) is 3.36. The molecule has 0 aliphatic heterocycles. The maximum atomic E-state index is 5.49. The van der Waals surface area contributed by atoms with Crippen LogP contribution in [0.2, 0.25) is 0 Å². The normalized spacial score (nSPS) is 13.6. The van der Waals surface area contributed by atoms with Crippen LogP contribution >= 0.6 is 0 Å². The smallest absolute Gasteiger partial charge is 0.0905 e. The summed E-state index contributed by atoms with van der Waals surface area (Å²) < 4.78 is 0. The lowest BCUT2D eigenvalue weighted by Crippen LogP contribution is -2.16. The molecule has 0 spiro atoms. The van der Waals surface area contributed by atoms with Gasteiger partial charge in [-0.1, -0.05) is 30.3 Å². The average Bonchev–Trinajstić information content (AvgIpc) is 2.34. The number of nitrogens with one attached hydrogen (secondary N) is 1. The zero-order valence-corrected chi connectivity index (χ0v) is 10.8. The highest BCUT2D eigenvalue weighted by Crippen LogP contribution is 2.18. The van der Waals surface area contributed by atoms with Crippen molar-refractivity contribution in [2.75, 3.05) is 13.6 Å². The van der Waals surface area contributed by atoms with Gasteiger partial charge in [-0.15, -0.1) is 0 Å². The molecule has 1 aromatic rings. The van der Waals surface area contributed by atoms with Crippen LogP contribution in [-0.2, 0) is 0 Å². The lowest BCUT2D eigenvalue weighted by molar-refractivity contribution is 0.517. The molecule has 3 N–H and O–H groups in total. The molecule has 17 heavy (non-hydrogen) atoms. The van der Waals surface area contributed by atoms with Gasteiger partial charge in [-0.25, -0.2) is 0 Å². The minimum atomic E-state index is 0.444. The van der Waals surface area contributed by atoms with Gasteiger partial charge in [0.2, 0.25) is 0 Å². The molecule has 1 rings (SSSR count). The highest BCUT2D eigenvalue weighted by atomic mass is 14.9. The standard InChI is InChI=1S/C14H23N3/c1-12(15)17-11-7-6-10-14(16-2)13-8-4-3-5-9-13/h3-5,8-9,14,16H,6-7,10-11H2,1-2H3,(H2,15,17). The van der Waals surface area contributed by atoms with Crippen LogP contribution in [0.5, 0.6) is 0 Å². The fourth-order valence-electron chi connectivity index (χ4n) is 1.88. The van der Waals surface area contributed by atoms with Crippen molar-refractivity contribution in [1.29, 1.82) is 0 Å². The molecule has 0 radical (unpaired) electrons. The summed E-state index contributed by atoms with van der Waals surface area (Å²) in [7, 11) is 2.01. The van der Waals surface area contributed by atoms with Crippen molar-refractivity contribution in [2.24, 2.45) is 10.7 Å². The molecule has 1 atom stereocenters. The van der Waals surface area contributed by atoms with Crippen LogP contribution in [-0.4, -0.2) is 19.4 Å². The number of benzene rings is 1. The van der Waals surface area contributed by atoms with Gasteiger partial charge < -0.3 is 11.1 Å². The van der Waals surface area contributed by atoms with Gasteiger partial charge in [-0.2, -0.15) is 0 Å². The maximum absolute atomic E-state index is 5.49. The molecular weight excluding hydrogens is 210 g/mol. The number of unbranched alkanes of at least 4 members (excludes halogenated alkanes) is 1. The molecule has 0 fully saturated rings. The molecule has 1 aromatic carbocycles. The van der Waals surface area contributed by atoms with Gasteiger partial charge in [0.05, 0.1) is 5.84 Å². The SMILES string of the molecule is CNC(CCCCN=C(C)N)c1ccccc1. The van der Waals surface area contributed by atoms with E-state index in [2.05, 4.69) is 40.6 Å². The van der Waals surface area contributed by atoms with Gasteiger partial charge in [-0.3, -0.25) is 4.99 Å². The Morgan fingerprint density at radius 2 is 2.00 bits per heavy atom. The monoisotopic (exact) mass is 233 g/mol.